The van der Waals surface area contributed by atoms with Gasteiger partial charge in [0.15, 0.2) is 0 Å². The summed E-state index contributed by atoms with van der Waals surface area (Å²) in [7, 11) is 0. The van der Waals surface area contributed by atoms with E-state index in [4.69, 9.17) is 0 Å². The SMILES string of the molecule is CC1CC[NH+](CCCNC(=O)c2cc3sccc3n2Cc2ccccc2)CC1. The second-order valence-electron chi connectivity index (χ2n) is 8.06. The second kappa shape index (κ2) is 8.93. The van der Waals surface area contributed by atoms with Crippen LogP contribution in [-0.4, -0.2) is 36.7 Å². The number of amides is 1. The zero-order valence-corrected chi connectivity index (χ0v) is 17.4. The van der Waals surface area contributed by atoms with Crippen molar-refractivity contribution in [3.63, 3.8) is 0 Å². The van der Waals surface area contributed by atoms with Crippen LogP contribution in [0, 0.1) is 5.92 Å². The number of fused-ring (bicyclic) bond motifs is 1. The Morgan fingerprint density at radius 3 is 2.79 bits per heavy atom. The molecule has 1 saturated heterocycles. The van der Waals surface area contributed by atoms with Crippen LogP contribution in [-0.2, 0) is 6.54 Å². The summed E-state index contributed by atoms with van der Waals surface area (Å²) in [6.07, 6.45) is 3.72. The minimum absolute atomic E-state index is 0.0431. The van der Waals surface area contributed by atoms with Crippen molar-refractivity contribution < 1.29 is 9.69 Å². The molecule has 3 aromatic rings. The maximum atomic E-state index is 12.9. The van der Waals surface area contributed by atoms with Gasteiger partial charge in [-0.2, -0.15) is 0 Å². The fourth-order valence-corrected chi connectivity index (χ4v) is 4.98. The van der Waals surface area contributed by atoms with Crippen molar-refractivity contribution in [2.75, 3.05) is 26.2 Å². The number of quaternary nitrogens is 1. The predicted octanol–water partition coefficient (Wildman–Crippen LogP) is 3.19. The number of carbonyl (C=O) groups is 1. The molecule has 2 aromatic heterocycles. The molecule has 0 unspecified atom stereocenters. The first-order chi connectivity index (χ1) is 13.7. The average molecular weight is 397 g/mol. The molecule has 1 aliphatic rings. The fraction of sp³-hybridized carbons (Fsp3) is 0.435. The third-order valence-corrected chi connectivity index (χ3v) is 6.77. The number of hydrogen-bond donors (Lipinski definition) is 2. The lowest BCUT2D eigenvalue weighted by atomic mass is 9.99. The summed E-state index contributed by atoms with van der Waals surface area (Å²) in [6.45, 7) is 7.55. The van der Waals surface area contributed by atoms with Gasteiger partial charge in [0, 0.05) is 19.5 Å². The zero-order valence-electron chi connectivity index (χ0n) is 16.6. The summed E-state index contributed by atoms with van der Waals surface area (Å²) in [5.41, 5.74) is 3.12. The summed E-state index contributed by atoms with van der Waals surface area (Å²) in [5.74, 6) is 0.927. The van der Waals surface area contributed by atoms with E-state index in [2.05, 4.69) is 40.4 Å². The van der Waals surface area contributed by atoms with Gasteiger partial charge >= 0.3 is 0 Å². The van der Waals surface area contributed by atoms with Crippen molar-refractivity contribution in [2.45, 2.75) is 32.7 Å². The third kappa shape index (κ3) is 4.47. The minimum atomic E-state index is 0.0431. The van der Waals surface area contributed by atoms with Crippen molar-refractivity contribution >= 4 is 27.5 Å². The van der Waals surface area contributed by atoms with Gasteiger partial charge < -0.3 is 14.8 Å². The summed E-state index contributed by atoms with van der Waals surface area (Å²) >= 11 is 1.69. The highest BCUT2D eigenvalue weighted by atomic mass is 32.1. The predicted molar refractivity (Wildman–Crippen MR) is 116 cm³/mol. The summed E-state index contributed by atoms with van der Waals surface area (Å²) in [5, 5.41) is 5.25. The first-order valence-electron chi connectivity index (χ1n) is 10.4. The van der Waals surface area contributed by atoms with Gasteiger partial charge in [0.1, 0.15) is 5.69 Å². The Bertz CT molecular complexity index is 906. The van der Waals surface area contributed by atoms with E-state index < -0.39 is 0 Å². The molecule has 1 amide bonds. The number of likely N-dealkylation sites (tertiary alicyclic amines) is 1. The molecule has 0 radical (unpaired) electrons. The molecule has 28 heavy (non-hydrogen) atoms. The molecule has 0 saturated carbocycles. The molecule has 5 heteroatoms. The number of rotatable bonds is 7. The Kier molecular flexibility index (Phi) is 6.13. The summed E-state index contributed by atoms with van der Waals surface area (Å²) < 4.78 is 3.32. The third-order valence-electron chi connectivity index (χ3n) is 5.91. The van der Waals surface area contributed by atoms with Crippen LogP contribution in [0.1, 0.15) is 42.2 Å². The highest BCUT2D eigenvalue weighted by Gasteiger charge is 2.19. The van der Waals surface area contributed by atoms with Gasteiger partial charge in [-0.3, -0.25) is 4.79 Å². The van der Waals surface area contributed by atoms with Crippen molar-refractivity contribution in [1.29, 1.82) is 0 Å². The van der Waals surface area contributed by atoms with E-state index in [1.807, 2.05) is 24.3 Å². The number of hydrogen-bond acceptors (Lipinski definition) is 2. The molecule has 0 spiro atoms. The van der Waals surface area contributed by atoms with Gasteiger partial charge in [-0.1, -0.05) is 37.3 Å². The maximum Gasteiger partial charge on any atom is 0.267 e. The van der Waals surface area contributed by atoms with Crippen molar-refractivity contribution in [1.82, 2.24) is 9.88 Å². The largest absolute Gasteiger partial charge is 0.351 e. The van der Waals surface area contributed by atoms with E-state index in [1.54, 1.807) is 16.2 Å². The minimum Gasteiger partial charge on any atom is -0.351 e. The topological polar surface area (TPSA) is 38.5 Å². The molecule has 3 heterocycles. The molecule has 0 bridgehead atoms. The molecule has 4 rings (SSSR count). The van der Waals surface area contributed by atoms with Crippen LogP contribution in [0.25, 0.3) is 10.2 Å². The lowest BCUT2D eigenvalue weighted by molar-refractivity contribution is -0.906. The standard InChI is InChI=1S/C23H29N3OS/c1-18-8-13-25(14-9-18)12-5-11-24-23(27)21-16-22-20(10-15-28-22)26(21)17-19-6-3-2-4-7-19/h2-4,6-7,10,15-16,18H,5,8-9,11-14,17H2,1H3,(H,24,27)/p+1. The molecule has 0 aliphatic carbocycles. The van der Waals surface area contributed by atoms with Crippen molar-refractivity contribution in [3.8, 4) is 0 Å². The van der Waals surface area contributed by atoms with Gasteiger partial charge in [0.25, 0.3) is 5.91 Å². The molecular weight excluding hydrogens is 366 g/mol. The molecule has 1 fully saturated rings. The number of thiophene rings is 1. The van der Waals surface area contributed by atoms with Crippen molar-refractivity contribution in [2.24, 2.45) is 5.92 Å². The van der Waals surface area contributed by atoms with Crippen LogP contribution in [0.2, 0.25) is 0 Å². The average Bonchev–Trinajstić information content (AvgIpc) is 3.30. The first kappa shape index (κ1) is 19.2. The van der Waals surface area contributed by atoms with E-state index in [-0.39, 0.29) is 5.91 Å². The Labute approximate surface area is 171 Å². The van der Waals surface area contributed by atoms with Crippen molar-refractivity contribution in [3.05, 3.63) is 59.1 Å². The number of carbonyl (C=O) groups excluding carboxylic acids is 1. The lowest BCUT2D eigenvalue weighted by Gasteiger charge is -2.27. The van der Waals surface area contributed by atoms with E-state index in [9.17, 15) is 4.79 Å². The van der Waals surface area contributed by atoms with E-state index in [1.165, 1.54) is 36.2 Å². The fourth-order valence-electron chi connectivity index (χ4n) is 4.15. The lowest BCUT2D eigenvalue weighted by Crippen LogP contribution is -3.13. The highest BCUT2D eigenvalue weighted by Crippen LogP contribution is 2.26. The molecular formula is C23H30N3OS+. The van der Waals surface area contributed by atoms with Crippen LogP contribution >= 0.6 is 11.3 Å². The quantitative estimate of drug-likeness (QED) is 0.592. The van der Waals surface area contributed by atoms with Gasteiger partial charge in [0.05, 0.1) is 29.9 Å². The van der Waals surface area contributed by atoms with E-state index in [0.29, 0.717) is 0 Å². The number of nitrogens with zero attached hydrogens (tertiary/aromatic N) is 1. The Balaban J connectivity index is 1.37. The van der Waals surface area contributed by atoms with Gasteiger partial charge in [-0.25, -0.2) is 0 Å². The summed E-state index contributed by atoms with van der Waals surface area (Å²) in [6, 6.07) is 14.5. The second-order valence-corrected chi connectivity index (χ2v) is 9.01. The molecule has 0 atom stereocenters. The van der Waals surface area contributed by atoms with Gasteiger partial charge in [0.2, 0.25) is 0 Å². The van der Waals surface area contributed by atoms with E-state index >= 15 is 0 Å². The molecule has 148 valence electrons. The van der Waals surface area contributed by atoms with Crippen LogP contribution in [0.3, 0.4) is 0 Å². The van der Waals surface area contributed by atoms with Gasteiger partial charge in [-0.05, 0) is 41.8 Å². The smallest absolute Gasteiger partial charge is 0.267 e. The Morgan fingerprint density at radius 2 is 2.00 bits per heavy atom. The molecule has 4 nitrogen and oxygen atoms in total. The number of piperidine rings is 1. The van der Waals surface area contributed by atoms with Crippen LogP contribution in [0.4, 0.5) is 0 Å². The molecule has 1 aliphatic heterocycles. The first-order valence-corrected chi connectivity index (χ1v) is 11.3. The Hall–Kier alpha value is -2.11. The highest BCUT2D eigenvalue weighted by molar-refractivity contribution is 7.17. The molecule has 1 aromatic carbocycles. The van der Waals surface area contributed by atoms with Crippen LogP contribution in [0.5, 0.6) is 0 Å². The van der Waals surface area contributed by atoms with Crippen LogP contribution in [0.15, 0.2) is 47.8 Å². The zero-order chi connectivity index (χ0) is 19.3. The van der Waals surface area contributed by atoms with Crippen LogP contribution < -0.4 is 10.2 Å². The number of nitrogens with one attached hydrogen (secondary N) is 2. The Morgan fingerprint density at radius 1 is 1.21 bits per heavy atom. The monoisotopic (exact) mass is 396 g/mol. The number of benzene rings is 1. The van der Waals surface area contributed by atoms with E-state index in [0.717, 1.165) is 43.2 Å². The maximum absolute atomic E-state index is 12.9. The molecule has 2 N–H and O–H groups in total. The summed E-state index contributed by atoms with van der Waals surface area (Å²) in [4.78, 5) is 14.6. The number of aromatic nitrogens is 1. The van der Waals surface area contributed by atoms with Gasteiger partial charge in [-0.15, -0.1) is 11.3 Å². The normalized spacial score (nSPS) is 19.8.